The summed E-state index contributed by atoms with van der Waals surface area (Å²) in [4.78, 5) is 13.0. The van der Waals surface area contributed by atoms with Crippen molar-refractivity contribution in [2.45, 2.75) is 30.7 Å². The molecule has 8 heteroatoms. The predicted molar refractivity (Wildman–Crippen MR) is 73.7 cm³/mol. The quantitative estimate of drug-likeness (QED) is 0.847. The van der Waals surface area contributed by atoms with Crippen LogP contribution < -0.4 is 4.72 Å². The number of rotatable bonds is 4. The summed E-state index contributed by atoms with van der Waals surface area (Å²) in [5.74, 6) is -1.18. The molecule has 4 rings (SSSR count). The van der Waals surface area contributed by atoms with Gasteiger partial charge < -0.3 is 14.4 Å². The van der Waals surface area contributed by atoms with E-state index in [1.807, 2.05) is 0 Å². The number of aryl methyl sites for hydroxylation is 1. The van der Waals surface area contributed by atoms with Crippen LogP contribution in [0.3, 0.4) is 0 Å². The molecule has 21 heavy (non-hydrogen) atoms. The number of nitrogens with one attached hydrogen (secondary N) is 1. The van der Waals surface area contributed by atoms with Gasteiger partial charge in [-0.15, -0.1) is 0 Å². The Labute approximate surface area is 123 Å². The molecule has 2 bridgehead atoms. The number of hydrogen-bond acceptors (Lipinski definition) is 5. The van der Waals surface area contributed by atoms with Gasteiger partial charge in [0.15, 0.2) is 0 Å². The summed E-state index contributed by atoms with van der Waals surface area (Å²) in [7, 11) is -3.76. The number of nitrogens with zero attached hydrogens (tertiary/aromatic N) is 1. The normalized spacial score (nSPS) is 28.7. The Morgan fingerprint density at radius 1 is 1.43 bits per heavy atom. The second kappa shape index (κ2) is 5.11. The molecule has 0 saturated carbocycles. The number of carbonyl (C=O) groups is 1. The predicted octanol–water partition coefficient (Wildman–Crippen LogP) is 0.659. The van der Waals surface area contributed by atoms with Crippen molar-refractivity contribution in [3.05, 3.63) is 17.6 Å². The Morgan fingerprint density at radius 2 is 2.10 bits per heavy atom. The van der Waals surface area contributed by atoms with Gasteiger partial charge in [-0.3, -0.25) is 0 Å². The van der Waals surface area contributed by atoms with E-state index in [2.05, 4.69) is 9.62 Å². The van der Waals surface area contributed by atoms with Crippen molar-refractivity contribution in [2.24, 2.45) is 5.92 Å². The number of fused-ring (bicyclic) bond motifs is 3. The van der Waals surface area contributed by atoms with Crippen molar-refractivity contribution < 1.29 is 22.7 Å². The smallest absolute Gasteiger partial charge is 0.371 e. The summed E-state index contributed by atoms with van der Waals surface area (Å²) in [6, 6.07) is 0.960. The second-order valence-corrected chi connectivity index (χ2v) is 7.38. The fraction of sp³-hybridized carbons (Fsp3) is 0.615. The van der Waals surface area contributed by atoms with Crippen molar-refractivity contribution in [3.8, 4) is 0 Å². The third-order valence-corrected chi connectivity index (χ3v) is 5.93. The van der Waals surface area contributed by atoms with E-state index in [1.165, 1.54) is 6.92 Å². The van der Waals surface area contributed by atoms with Crippen LogP contribution >= 0.6 is 0 Å². The first-order valence-corrected chi connectivity index (χ1v) is 8.43. The Kier molecular flexibility index (Phi) is 3.54. The van der Waals surface area contributed by atoms with E-state index in [0.29, 0.717) is 12.5 Å². The number of carboxylic acid groups (broad SMARTS) is 1. The highest BCUT2D eigenvalue weighted by atomic mass is 32.2. The van der Waals surface area contributed by atoms with E-state index < -0.39 is 16.0 Å². The van der Waals surface area contributed by atoms with E-state index in [-0.39, 0.29) is 22.5 Å². The lowest BCUT2D eigenvalue weighted by molar-refractivity contribution is 0.0661. The Balaban J connectivity index is 1.82. The van der Waals surface area contributed by atoms with Crippen molar-refractivity contribution in [3.63, 3.8) is 0 Å². The first-order valence-electron chi connectivity index (χ1n) is 6.95. The zero-order chi connectivity index (χ0) is 15.2. The van der Waals surface area contributed by atoms with Crippen LogP contribution in [0.1, 0.15) is 29.2 Å². The fourth-order valence-corrected chi connectivity index (χ4v) is 4.67. The van der Waals surface area contributed by atoms with Crippen molar-refractivity contribution >= 4 is 16.0 Å². The molecule has 4 heterocycles. The van der Waals surface area contributed by atoms with E-state index >= 15 is 0 Å². The zero-order valence-electron chi connectivity index (χ0n) is 11.7. The van der Waals surface area contributed by atoms with Gasteiger partial charge in [-0.2, -0.15) is 0 Å². The molecule has 1 atom stereocenters. The standard InChI is InChI=1S/C13H18N2O5S/c1-8-12(6-11(20-8)13(16)17)21(18,19)14-10-7-15-4-2-9(10)3-5-15/h6,9-10,14H,2-5,7H2,1H3,(H,16,17). The fourth-order valence-electron chi connectivity index (χ4n) is 3.20. The molecule has 3 aliphatic rings. The van der Waals surface area contributed by atoms with Gasteiger partial charge in [-0.25, -0.2) is 17.9 Å². The molecule has 2 N–H and O–H groups in total. The van der Waals surface area contributed by atoms with Crippen LogP contribution in [0.2, 0.25) is 0 Å². The topological polar surface area (TPSA) is 99.8 Å². The minimum absolute atomic E-state index is 0.0867. The third-order valence-electron chi connectivity index (χ3n) is 4.34. The minimum Gasteiger partial charge on any atom is -0.475 e. The summed E-state index contributed by atoms with van der Waals surface area (Å²) in [6.07, 6.45) is 2.00. The number of sulfonamides is 1. The van der Waals surface area contributed by atoms with Crippen LogP contribution in [0.4, 0.5) is 0 Å². The summed E-state index contributed by atoms with van der Waals surface area (Å²) >= 11 is 0. The second-order valence-electron chi connectivity index (χ2n) is 5.70. The van der Waals surface area contributed by atoms with Gasteiger partial charge in [-0.1, -0.05) is 0 Å². The number of piperidine rings is 3. The van der Waals surface area contributed by atoms with Gasteiger partial charge in [0.1, 0.15) is 10.7 Å². The maximum absolute atomic E-state index is 12.5. The van der Waals surface area contributed by atoms with E-state index in [1.54, 1.807) is 0 Å². The van der Waals surface area contributed by atoms with Crippen LogP contribution in [0, 0.1) is 12.8 Å². The average Bonchev–Trinajstić information content (AvgIpc) is 2.83. The molecule has 1 aromatic rings. The van der Waals surface area contributed by atoms with Gasteiger partial charge in [0.05, 0.1) is 0 Å². The van der Waals surface area contributed by atoms with Gasteiger partial charge in [0.2, 0.25) is 15.8 Å². The van der Waals surface area contributed by atoms with Crippen LogP contribution in [-0.2, 0) is 10.0 Å². The first-order chi connectivity index (χ1) is 9.87. The molecule has 3 aliphatic heterocycles. The third kappa shape index (κ3) is 2.70. The monoisotopic (exact) mass is 314 g/mol. The number of furan rings is 1. The molecule has 116 valence electrons. The Morgan fingerprint density at radius 3 is 2.57 bits per heavy atom. The van der Waals surface area contributed by atoms with Gasteiger partial charge in [0, 0.05) is 18.7 Å². The molecule has 7 nitrogen and oxygen atoms in total. The molecule has 3 fully saturated rings. The number of carboxylic acids is 1. The summed E-state index contributed by atoms with van der Waals surface area (Å²) in [5.41, 5.74) is 0. The van der Waals surface area contributed by atoms with Crippen LogP contribution in [-0.4, -0.2) is 50.1 Å². The van der Waals surface area contributed by atoms with Gasteiger partial charge in [0.25, 0.3) is 0 Å². The van der Waals surface area contributed by atoms with Crippen LogP contribution in [0.25, 0.3) is 0 Å². The molecule has 0 amide bonds. The molecular formula is C13H18N2O5S. The maximum Gasteiger partial charge on any atom is 0.371 e. The Bertz CT molecular complexity index is 658. The molecule has 1 unspecified atom stereocenters. The molecule has 3 saturated heterocycles. The molecule has 0 aliphatic carbocycles. The first kappa shape index (κ1) is 14.6. The van der Waals surface area contributed by atoms with Crippen molar-refractivity contribution in [1.29, 1.82) is 0 Å². The largest absolute Gasteiger partial charge is 0.475 e. The molecule has 1 aromatic heterocycles. The summed E-state index contributed by atoms with van der Waals surface area (Å²) < 4.78 is 32.6. The lowest BCUT2D eigenvalue weighted by Crippen LogP contribution is -2.57. The van der Waals surface area contributed by atoms with Crippen molar-refractivity contribution in [2.75, 3.05) is 19.6 Å². The molecular weight excluding hydrogens is 296 g/mol. The van der Waals surface area contributed by atoms with Gasteiger partial charge in [-0.05, 0) is 38.8 Å². The lowest BCUT2D eigenvalue weighted by atomic mass is 9.85. The average molecular weight is 314 g/mol. The molecule has 0 aromatic carbocycles. The highest BCUT2D eigenvalue weighted by Gasteiger charge is 2.37. The van der Waals surface area contributed by atoms with E-state index in [4.69, 9.17) is 9.52 Å². The number of aromatic carboxylic acids is 1. The van der Waals surface area contributed by atoms with Crippen LogP contribution in [0.5, 0.6) is 0 Å². The van der Waals surface area contributed by atoms with E-state index in [9.17, 15) is 13.2 Å². The highest BCUT2D eigenvalue weighted by molar-refractivity contribution is 7.89. The van der Waals surface area contributed by atoms with Crippen LogP contribution in [0.15, 0.2) is 15.4 Å². The summed E-state index contributed by atoms with van der Waals surface area (Å²) in [6.45, 7) is 4.22. The number of hydrogen-bond donors (Lipinski definition) is 2. The van der Waals surface area contributed by atoms with E-state index in [0.717, 1.165) is 32.0 Å². The Hall–Kier alpha value is -1.38. The van der Waals surface area contributed by atoms with Crippen molar-refractivity contribution in [1.82, 2.24) is 9.62 Å². The van der Waals surface area contributed by atoms with Gasteiger partial charge >= 0.3 is 5.97 Å². The highest BCUT2D eigenvalue weighted by Crippen LogP contribution is 2.29. The maximum atomic E-state index is 12.5. The summed E-state index contributed by atoms with van der Waals surface area (Å²) in [5, 5.41) is 8.88. The molecule has 0 spiro atoms. The minimum atomic E-state index is -3.76. The zero-order valence-corrected chi connectivity index (χ0v) is 12.5. The SMILES string of the molecule is Cc1oc(C(=O)O)cc1S(=O)(=O)NC1CN2CCC1CC2. The molecule has 0 radical (unpaired) electrons. The lowest BCUT2D eigenvalue weighted by Gasteiger charge is -2.44.